The van der Waals surface area contributed by atoms with Gasteiger partial charge in [0.15, 0.2) is 0 Å². The first-order chi connectivity index (χ1) is 9.24. The highest BCUT2D eigenvalue weighted by Crippen LogP contribution is 2.39. The van der Waals surface area contributed by atoms with Gasteiger partial charge >= 0.3 is 5.97 Å². The first-order valence-corrected chi connectivity index (χ1v) is 7.76. The van der Waals surface area contributed by atoms with Crippen molar-refractivity contribution in [2.45, 2.75) is 72.3 Å². The van der Waals surface area contributed by atoms with E-state index in [9.17, 15) is 9.59 Å². The highest BCUT2D eigenvalue weighted by molar-refractivity contribution is 5.79. The largest absolute Gasteiger partial charge is 0.481 e. The second-order valence-electron chi connectivity index (χ2n) is 7.13. The highest BCUT2D eigenvalue weighted by atomic mass is 16.4. The molecule has 1 rings (SSSR count). The summed E-state index contributed by atoms with van der Waals surface area (Å²) in [5.41, 5.74) is 0.316. The first kappa shape index (κ1) is 17.0. The van der Waals surface area contributed by atoms with Gasteiger partial charge in [-0.2, -0.15) is 0 Å². The number of nitrogens with one attached hydrogen (secondary N) is 1. The Bertz CT molecular complexity index is 338. The molecule has 4 heteroatoms. The molecule has 4 nitrogen and oxygen atoms in total. The predicted octanol–water partition coefficient (Wildman–Crippen LogP) is 3.21. The summed E-state index contributed by atoms with van der Waals surface area (Å²) < 4.78 is 0. The van der Waals surface area contributed by atoms with E-state index >= 15 is 0 Å². The second-order valence-corrected chi connectivity index (χ2v) is 7.13. The molecule has 1 aliphatic rings. The summed E-state index contributed by atoms with van der Waals surface area (Å²) in [5, 5.41) is 11.7. The van der Waals surface area contributed by atoms with Gasteiger partial charge in [-0.15, -0.1) is 0 Å². The lowest BCUT2D eigenvalue weighted by atomic mass is 9.69. The van der Waals surface area contributed by atoms with Crippen molar-refractivity contribution < 1.29 is 14.7 Å². The van der Waals surface area contributed by atoms with Crippen LogP contribution in [0.4, 0.5) is 0 Å². The first-order valence-electron chi connectivity index (χ1n) is 7.76. The molecule has 0 saturated heterocycles. The van der Waals surface area contributed by atoms with Crippen molar-refractivity contribution in [1.82, 2.24) is 5.32 Å². The summed E-state index contributed by atoms with van der Waals surface area (Å²) in [7, 11) is 0. The number of aliphatic carboxylic acids is 1. The SMILES string of the molecule is CCC(CC(=O)O)NC(=O)C1CCC(C(C)(C)C)CC1. The third kappa shape index (κ3) is 5.14. The number of amides is 1. The van der Waals surface area contributed by atoms with Gasteiger partial charge in [0.25, 0.3) is 0 Å². The summed E-state index contributed by atoms with van der Waals surface area (Å²) in [6.07, 6.45) is 4.72. The van der Waals surface area contributed by atoms with Crippen molar-refractivity contribution in [3.05, 3.63) is 0 Å². The highest BCUT2D eigenvalue weighted by Gasteiger charge is 2.32. The van der Waals surface area contributed by atoms with E-state index in [1.165, 1.54) is 0 Å². The minimum Gasteiger partial charge on any atom is -0.481 e. The quantitative estimate of drug-likeness (QED) is 0.814. The zero-order valence-corrected chi connectivity index (χ0v) is 13.2. The van der Waals surface area contributed by atoms with Crippen molar-refractivity contribution in [3.63, 3.8) is 0 Å². The van der Waals surface area contributed by atoms with E-state index in [0.717, 1.165) is 25.7 Å². The maximum atomic E-state index is 12.2. The van der Waals surface area contributed by atoms with Gasteiger partial charge in [0.1, 0.15) is 0 Å². The van der Waals surface area contributed by atoms with Crippen LogP contribution in [0.15, 0.2) is 0 Å². The molecule has 1 atom stereocenters. The molecule has 0 heterocycles. The zero-order chi connectivity index (χ0) is 15.3. The Morgan fingerprint density at radius 1 is 1.20 bits per heavy atom. The fraction of sp³-hybridized carbons (Fsp3) is 0.875. The summed E-state index contributed by atoms with van der Waals surface area (Å²) in [5.74, 6) is -0.0527. The lowest BCUT2D eigenvalue weighted by Gasteiger charge is -2.36. The standard InChI is InChI=1S/C16H29NO3/c1-5-13(10-14(18)19)17-15(20)11-6-8-12(9-7-11)16(2,3)4/h11-13H,5-10H2,1-4H3,(H,17,20)(H,18,19). The third-order valence-electron chi connectivity index (χ3n) is 4.58. The van der Waals surface area contributed by atoms with Gasteiger partial charge in [0.05, 0.1) is 6.42 Å². The van der Waals surface area contributed by atoms with Gasteiger partial charge in [0.2, 0.25) is 5.91 Å². The van der Waals surface area contributed by atoms with Crippen molar-refractivity contribution in [2.24, 2.45) is 17.3 Å². The number of hydrogen-bond acceptors (Lipinski definition) is 2. The summed E-state index contributed by atoms with van der Waals surface area (Å²) in [6, 6.07) is -0.236. The van der Waals surface area contributed by atoms with Crippen LogP contribution in [0, 0.1) is 17.3 Å². The lowest BCUT2D eigenvalue weighted by molar-refractivity contribution is -0.138. The second kappa shape index (κ2) is 7.09. The Kier molecular flexibility index (Phi) is 6.03. The van der Waals surface area contributed by atoms with E-state index in [-0.39, 0.29) is 24.3 Å². The van der Waals surface area contributed by atoms with Crippen LogP contribution in [0.5, 0.6) is 0 Å². The smallest absolute Gasteiger partial charge is 0.305 e. The molecule has 0 spiro atoms. The van der Waals surface area contributed by atoms with Crippen LogP contribution in [-0.4, -0.2) is 23.0 Å². The average Bonchev–Trinajstić information content (AvgIpc) is 2.36. The van der Waals surface area contributed by atoms with Crippen LogP contribution in [0.1, 0.15) is 66.2 Å². The van der Waals surface area contributed by atoms with Gasteiger partial charge in [0, 0.05) is 12.0 Å². The minimum atomic E-state index is -0.853. The number of rotatable bonds is 5. The molecule has 0 aromatic heterocycles. The van der Waals surface area contributed by atoms with Crippen molar-refractivity contribution in [3.8, 4) is 0 Å². The summed E-state index contributed by atoms with van der Waals surface area (Å²) in [4.78, 5) is 22.9. The predicted molar refractivity (Wildman–Crippen MR) is 79.4 cm³/mol. The van der Waals surface area contributed by atoms with Gasteiger partial charge in [-0.25, -0.2) is 0 Å². The van der Waals surface area contributed by atoms with Crippen molar-refractivity contribution >= 4 is 11.9 Å². The molecular formula is C16H29NO3. The number of hydrogen-bond donors (Lipinski definition) is 2. The molecule has 0 aromatic carbocycles. The Labute approximate surface area is 122 Å². The van der Waals surface area contributed by atoms with Gasteiger partial charge in [-0.3, -0.25) is 9.59 Å². The zero-order valence-electron chi connectivity index (χ0n) is 13.2. The molecule has 0 radical (unpaired) electrons. The van der Waals surface area contributed by atoms with Crippen LogP contribution < -0.4 is 5.32 Å². The van der Waals surface area contributed by atoms with E-state index in [1.807, 2.05) is 6.92 Å². The van der Waals surface area contributed by atoms with E-state index in [1.54, 1.807) is 0 Å². The number of carboxylic acid groups (broad SMARTS) is 1. The van der Waals surface area contributed by atoms with Gasteiger partial charge in [-0.05, 0) is 43.4 Å². The molecule has 20 heavy (non-hydrogen) atoms. The van der Waals surface area contributed by atoms with Crippen molar-refractivity contribution in [1.29, 1.82) is 0 Å². The van der Waals surface area contributed by atoms with Gasteiger partial charge in [-0.1, -0.05) is 27.7 Å². The molecule has 1 aliphatic carbocycles. The fourth-order valence-electron chi connectivity index (χ4n) is 3.05. The molecule has 0 bridgehead atoms. The Morgan fingerprint density at radius 3 is 2.15 bits per heavy atom. The lowest BCUT2D eigenvalue weighted by Crippen LogP contribution is -2.41. The molecule has 1 saturated carbocycles. The van der Waals surface area contributed by atoms with Crippen LogP contribution in [0.25, 0.3) is 0 Å². The molecule has 0 aromatic rings. The maximum Gasteiger partial charge on any atom is 0.305 e. The number of carboxylic acids is 1. The van der Waals surface area contributed by atoms with Crippen LogP contribution in [0.3, 0.4) is 0 Å². The Balaban J connectivity index is 2.44. The molecule has 1 amide bonds. The van der Waals surface area contributed by atoms with Crippen LogP contribution >= 0.6 is 0 Å². The van der Waals surface area contributed by atoms with E-state index in [4.69, 9.17) is 5.11 Å². The average molecular weight is 283 g/mol. The van der Waals surface area contributed by atoms with E-state index in [2.05, 4.69) is 26.1 Å². The van der Waals surface area contributed by atoms with Gasteiger partial charge < -0.3 is 10.4 Å². The van der Waals surface area contributed by atoms with Crippen LogP contribution in [0.2, 0.25) is 0 Å². The summed E-state index contributed by atoms with van der Waals surface area (Å²) >= 11 is 0. The van der Waals surface area contributed by atoms with Crippen molar-refractivity contribution in [2.75, 3.05) is 0 Å². The summed E-state index contributed by atoms with van der Waals surface area (Å²) in [6.45, 7) is 8.69. The third-order valence-corrected chi connectivity index (χ3v) is 4.58. The minimum absolute atomic E-state index is 0.0135. The Morgan fingerprint density at radius 2 is 1.75 bits per heavy atom. The molecule has 1 fully saturated rings. The molecular weight excluding hydrogens is 254 g/mol. The van der Waals surface area contributed by atoms with E-state index in [0.29, 0.717) is 17.8 Å². The fourth-order valence-corrected chi connectivity index (χ4v) is 3.05. The molecule has 2 N–H and O–H groups in total. The molecule has 1 unspecified atom stereocenters. The number of carbonyl (C=O) groups is 2. The maximum absolute atomic E-state index is 12.2. The normalized spacial score (nSPS) is 25.0. The Hall–Kier alpha value is -1.06. The van der Waals surface area contributed by atoms with E-state index < -0.39 is 5.97 Å². The molecule has 0 aliphatic heterocycles. The van der Waals surface area contributed by atoms with Crippen LogP contribution in [-0.2, 0) is 9.59 Å². The monoisotopic (exact) mass is 283 g/mol. The number of carbonyl (C=O) groups excluding carboxylic acids is 1. The topological polar surface area (TPSA) is 66.4 Å². The molecule has 116 valence electrons.